The predicted octanol–water partition coefficient (Wildman–Crippen LogP) is 3.31. The third-order valence-corrected chi connectivity index (χ3v) is 2.70. The minimum Gasteiger partial charge on any atom is -0.479 e. The van der Waals surface area contributed by atoms with Gasteiger partial charge in [0.05, 0.1) is 11.3 Å². The number of carbonyl (C=O) groups is 1. The molecule has 0 amide bonds. The van der Waals surface area contributed by atoms with E-state index in [1.54, 1.807) is 13.8 Å². The number of benzene rings is 1. The standard InChI is InChI=1S/C14H16F3NO3/c1-8(2)12(13(19)20)21-18-9(3)10-5-4-6-11(7-10)14(15,16)17/h4-8,12,18H,3H2,1-2H3,(H,19,20). The van der Waals surface area contributed by atoms with E-state index in [2.05, 4.69) is 12.1 Å². The van der Waals surface area contributed by atoms with Gasteiger partial charge in [-0.2, -0.15) is 13.2 Å². The second kappa shape index (κ2) is 6.62. The van der Waals surface area contributed by atoms with Crippen LogP contribution in [0.25, 0.3) is 5.70 Å². The molecule has 2 N–H and O–H groups in total. The van der Waals surface area contributed by atoms with Crippen LogP contribution in [0.15, 0.2) is 30.8 Å². The summed E-state index contributed by atoms with van der Waals surface area (Å²) in [7, 11) is 0. The zero-order valence-corrected chi connectivity index (χ0v) is 11.6. The van der Waals surface area contributed by atoms with Crippen LogP contribution < -0.4 is 5.48 Å². The van der Waals surface area contributed by atoms with E-state index in [4.69, 9.17) is 9.94 Å². The van der Waals surface area contributed by atoms with Crippen LogP contribution in [-0.4, -0.2) is 17.2 Å². The highest BCUT2D eigenvalue weighted by Crippen LogP contribution is 2.30. The maximum atomic E-state index is 12.6. The summed E-state index contributed by atoms with van der Waals surface area (Å²) in [4.78, 5) is 15.9. The molecule has 0 bridgehead atoms. The van der Waals surface area contributed by atoms with Crippen molar-refractivity contribution in [3.05, 3.63) is 42.0 Å². The number of hydroxylamine groups is 1. The van der Waals surface area contributed by atoms with Crippen LogP contribution in [0.2, 0.25) is 0 Å². The fraction of sp³-hybridized carbons (Fsp3) is 0.357. The molecular weight excluding hydrogens is 287 g/mol. The van der Waals surface area contributed by atoms with Crippen molar-refractivity contribution in [1.82, 2.24) is 5.48 Å². The molecule has 1 aromatic rings. The molecule has 0 saturated heterocycles. The fourth-order valence-corrected chi connectivity index (χ4v) is 1.55. The SMILES string of the molecule is C=C(NOC(C(=O)O)C(C)C)c1cccc(C(F)(F)F)c1. The molecule has 0 aliphatic rings. The molecule has 116 valence electrons. The Morgan fingerprint density at radius 2 is 2.00 bits per heavy atom. The number of rotatable bonds is 6. The minimum atomic E-state index is -4.46. The topological polar surface area (TPSA) is 58.6 Å². The lowest BCUT2D eigenvalue weighted by Crippen LogP contribution is -2.34. The molecule has 1 rings (SSSR count). The van der Waals surface area contributed by atoms with E-state index in [-0.39, 0.29) is 17.2 Å². The molecule has 7 heteroatoms. The molecule has 0 aromatic heterocycles. The number of carboxylic acid groups (broad SMARTS) is 1. The average Bonchev–Trinajstić information content (AvgIpc) is 2.37. The van der Waals surface area contributed by atoms with Crippen molar-refractivity contribution in [2.75, 3.05) is 0 Å². The second-order valence-electron chi connectivity index (χ2n) is 4.78. The van der Waals surface area contributed by atoms with Crippen molar-refractivity contribution < 1.29 is 27.9 Å². The van der Waals surface area contributed by atoms with Gasteiger partial charge in [-0.3, -0.25) is 10.3 Å². The first-order valence-corrected chi connectivity index (χ1v) is 6.14. The summed E-state index contributed by atoms with van der Waals surface area (Å²) in [5.41, 5.74) is 1.69. The molecule has 0 aliphatic heterocycles. The summed E-state index contributed by atoms with van der Waals surface area (Å²) in [5, 5.41) is 8.93. The Labute approximate surface area is 120 Å². The molecule has 1 aromatic carbocycles. The van der Waals surface area contributed by atoms with Gasteiger partial charge in [-0.15, -0.1) is 0 Å². The van der Waals surface area contributed by atoms with Crippen molar-refractivity contribution in [3.63, 3.8) is 0 Å². The summed E-state index contributed by atoms with van der Waals surface area (Å²) in [6.45, 7) is 6.84. The number of carboxylic acids is 1. The number of hydrogen-bond acceptors (Lipinski definition) is 3. The zero-order valence-electron chi connectivity index (χ0n) is 11.6. The molecule has 0 radical (unpaired) electrons. The summed E-state index contributed by atoms with van der Waals surface area (Å²) in [6, 6.07) is 4.50. The first-order valence-electron chi connectivity index (χ1n) is 6.14. The van der Waals surface area contributed by atoms with Gasteiger partial charge in [0.15, 0.2) is 6.10 Å². The van der Waals surface area contributed by atoms with Gasteiger partial charge in [0.25, 0.3) is 0 Å². The van der Waals surface area contributed by atoms with Gasteiger partial charge in [0.2, 0.25) is 0 Å². The lowest BCUT2D eigenvalue weighted by molar-refractivity contribution is -0.157. The third kappa shape index (κ3) is 4.78. The zero-order chi connectivity index (χ0) is 16.2. The van der Waals surface area contributed by atoms with Gasteiger partial charge < -0.3 is 5.11 Å². The van der Waals surface area contributed by atoms with Gasteiger partial charge in [-0.05, 0) is 23.6 Å². The second-order valence-corrected chi connectivity index (χ2v) is 4.78. The Bertz CT molecular complexity index is 526. The lowest BCUT2D eigenvalue weighted by atomic mass is 10.1. The number of nitrogens with one attached hydrogen (secondary N) is 1. The highest BCUT2D eigenvalue weighted by molar-refractivity contribution is 5.72. The molecule has 0 heterocycles. The molecule has 1 atom stereocenters. The number of halogens is 3. The third-order valence-electron chi connectivity index (χ3n) is 2.70. The van der Waals surface area contributed by atoms with Gasteiger partial charge in [-0.1, -0.05) is 32.6 Å². The average molecular weight is 303 g/mol. The Balaban J connectivity index is 2.79. The molecular formula is C14H16F3NO3. The maximum Gasteiger partial charge on any atom is 0.416 e. The van der Waals surface area contributed by atoms with E-state index >= 15 is 0 Å². The Kier molecular flexibility index (Phi) is 5.37. The van der Waals surface area contributed by atoms with Gasteiger partial charge in [-0.25, -0.2) is 4.79 Å². The van der Waals surface area contributed by atoms with Crippen molar-refractivity contribution in [1.29, 1.82) is 0 Å². The van der Waals surface area contributed by atoms with Crippen LogP contribution in [0.3, 0.4) is 0 Å². The van der Waals surface area contributed by atoms with Crippen LogP contribution in [0, 0.1) is 5.92 Å². The van der Waals surface area contributed by atoms with Crippen LogP contribution in [0.5, 0.6) is 0 Å². The quantitative estimate of drug-likeness (QED) is 0.792. The monoisotopic (exact) mass is 303 g/mol. The largest absolute Gasteiger partial charge is 0.479 e. The van der Waals surface area contributed by atoms with Crippen LogP contribution in [-0.2, 0) is 15.8 Å². The van der Waals surface area contributed by atoms with E-state index in [1.165, 1.54) is 12.1 Å². The molecule has 0 spiro atoms. The highest BCUT2D eigenvalue weighted by atomic mass is 19.4. The Hall–Kier alpha value is -2.02. The highest BCUT2D eigenvalue weighted by Gasteiger charge is 2.30. The van der Waals surface area contributed by atoms with Crippen molar-refractivity contribution in [2.45, 2.75) is 26.1 Å². The number of hydrogen-bond donors (Lipinski definition) is 2. The lowest BCUT2D eigenvalue weighted by Gasteiger charge is -2.19. The summed E-state index contributed by atoms with van der Waals surface area (Å²) in [5.74, 6) is -1.49. The van der Waals surface area contributed by atoms with Gasteiger partial charge >= 0.3 is 12.1 Å². The van der Waals surface area contributed by atoms with E-state index in [0.29, 0.717) is 0 Å². The van der Waals surface area contributed by atoms with E-state index in [0.717, 1.165) is 12.1 Å². The van der Waals surface area contributed by atoms with Crippen LogP contribution in [0.4, 0.5) is 13.2 Å². The Morgan fingerprint density at radius 3 is 2.48 bits per heavy atom. The van der Waals surface area contributed by atoms with Crippen LogP contribution >= 0.6 is 0 Å². The minimum absolute atomic E-state index is 0.0491. The van der Waals surface area contributed by atoms with Crippen molar-refractivity contribution >= 4 is 11.7 Å². The molecule has 0 aliphatic carbocycles. The van der Waals surface area contributed by atoms with E-state index < -0.39 is 23.8 Å². The predicted molar refractivity (Wildman–Crippen MR) is 71.0 cm³/mol. The normalized spacial score (nSPS) is 13.0. The fourth-order valence-electron chi connectivity index (χ4n) is 1.55. The summed E-state index contributed by atoms with van der Waals surface area (Å²) < 4.78 is 37.8. The maximum absolute atomic E-state index is 12.6. The Morgan fingerprint density at radius 1 is 1.38 bits per heavy atom. The summed E-state index contributed by atoms with van der Waals surface area (Å²) >= 11 is 0. The smallest absolute Gasteiger partial charge is 0.416 e. The molecule has 21 heavy (non-hydrogen) atoms. The number of alkyl halides is 3. The van der Waals surface area contributed by atoms with Crippen molar-refractivity contribution in [2.24, 2.45) is 5.92 Å². The van der Waals surface area contributed by atoms with Gasteiger partial charge in [0.1, 0.15) is 0 Å². The molecule has 4 nitrogen and oxygen atoms in total. The first-order chi connectivity index (χ1) is 9.62. The first kappa shape index (κ1) is 17.0. The van der Waals surface area contributed by atoms with E-state index in [1.807, 2.05) is 0 Å². The molecule has 1 unspecified atom stereocenters. The molecule has 0 fully saturated rings. The molecule has 0 saturated carbocycles. The van der Waals surface area contributed by atoms with Crippen molar-refractivity contribution in [3.8, 4) is 0 Å². The summed E-state index contributed by atoms with van der Waals surface area (Å²) in [6.07, 6.45) is -5.59. The number of aliphatic carboxylic acids is 1. The van der Waals surface area contributed by atoms with Crippen LogP contribution in [0.1, 0.15) is 25.0 Å². The van der Waals surface area contributed by atoms with E-state index in [9.17, 15) is 18.0 Å². The van der Waals surface area contributed by atoms with Gasteiger partial charge in [0, 0.05) is 0 Å².